The lowest BCUT2D eigenvalue weighted by Gasteiger charge is -2.29. The van der Waals surface area contributed by atoms with Crippen LogP contribution in [0.3, 0.4) is 0 Å². The van der Waals surface area contributed by atoms with Gasteiger partial charge in [0.25, 0.3) is 0 Å². The van der Waals surface area contributed by atoms with E-state index in [0.717, 1.165) is 5.56 Å². The van der Waals surface area contributed by atoms with Crippen molar-refractivity contribution in [1.82, 2.24) is 20.9 Å². The Morgan fingerprint density at radius 3 is 1.78 bits per heavy atom. The summed E-state index contributed by atoms with van der Waals surface area (Å²) in [6, 6.07) is 11.8. The maximum atomic E-state index is 13.8. The Morgan fingerprint density at radius 1 is 0.804 bits per heavy atom. The van der Waals surface area contributed by atoms with Crippen LogP contribution in [0.2, 0.25) is 0 Å². The number of carbonyl (C=O) groups excluding carboxylic acids is 4. The number of benzene rings is 2. The third-order valence-corrected chi connectivity index (χ3v) is 7.71. The van der Waals surface area contributed by atoms with Crippen LogP contribution in [-0.2, 0) is 41.6 Å². The van der Waals surface area contributed by atoms with Gasteiger partial charge in [0.2, 0.25) is 23.6 Å². The van der Waals surface area contributed by atoms with E-state index in [0.29, 0.717) is 31.4 Å². The zero-order valence-corrected chi connectivity index (χ0v) is 26.1. The fourth-order valence-corrected chi connectivity index (χ4v) is 5.43. The van der Waals surface area contributed by atoms with E-state index in [1.54, 1.807) is 60.7 Å². The molecule has 1 fully saturated rings. The number of nitrogens with zero attached hydrogens (tertiary/aromatic N) is 1. The van der Waals surface area contributed by atoms with E-state index >= 15 is 0 Å². The molecule has 0 bridgehead atoms. The van der Waals surface area contributed by atoms with Crippen molar-refractivity contribution in [2.45, 2.75) is 82.6 Å². The molecule has 5 atom stereocenters. The molecule has 0 unspecified atom stereocenters. The molecule has 2 aromatic rings. The zero-order chi connectivity index (χ0) is 33.8. The number of nitrogens with two attached hydrogens (primary N) is 1. The lowest BCUT2D eigenvalue weighted by Crippen LogP contribution is -2.59. The summed E-state index contributed by atoms with van der Waals surface area (Å²) >= 11 is 0. The van der Waals surface area contributed by atoms with E-state index in [1.807, 2.05) is 13.8 Å². The lowest BCUT2D eigenvalue weighted by molar-refractivity contribution is -0.147. The van der Waals surface area contributed by atoms with Gasteiger partial charge in [0.15, 0.2) is 0 Å². The molecule has 0 aliphatic carbocycles. The van der Waals surface area contributed by atoms with Crippen LogP contribution in [-0.4, -0.2) is 87.4 Å². The Balaban J connectivity index is 1.85. The highest BCUT2D eigenvalue weighted by Gasteiger charge is 2.38. The van der Waals surface area contributed by atoms with Crippen LogP contribution < -0.4 is 21.7 Å². The average Bonchev–Trinajstić information content (AvgIpc) is 3.50. The molecule has 0 spiro atoms. The van der Waals surface area contributed by atoms with Gasteiger partial charge in [-0.15, -0.1) is 0 Å². The smallest absolute Gasteiger partial charge is 0.326 e. The largest absolute Gasteiger partial charge is 0.481 e. The summed E-state index contributed by atoms with van der Waals surface area (Å²) in [5.74, 6) is -5.26. The van der Waals surface area contributed by atoms with Crippen LogP contribution in [0.15, 0.2) is 60.7 Å². The van der Waals surface area contributed by atoms with Gasteiger partial charge in [-0.3, -0.25) is 24.0 Å². The van der Waals surface area contributed by atoms with Crippen LogP contribution in [0, 0.1) is 5.92 Å². The van der Waals surface area contributed by atoms with Gasteiger partial charge >= 0.3 is 11.9 Å². The molecule has 13 heteroatoms. The first-order chi connectivity index (χ1) is 21.8. The molecular weight excluding hydrogens is 594 g/mol. The van der Waals surface area contributed by atoms with Crippen molar-refractivity contribution < 1.29 is 39.0 Å². The van der Waals surface area contributed by atoms with Crippen LogP contribution in [0.5, 0.6) is 0 Å². The van der Waals surface area contributed by atoms with E-state index < -0.39 is 66.3 Å². The minimum Gasteiger partial charge on any atom is -0.481 e. The van der Waals surface area contributed by atoms with Crippen molar-refractivity contribution in [3.8, 4) is 0 Å². The molecule has 13 nitrogen and oxygen atoms in total. The van der Waals surface area contributed by atoms with Crippen LogP contribution in [0.4, 0.5) is 0 Å². The summed E-state index contributed by atoms with van der Waals surface area (Å²) < 4.78 is 0. The maximum Gasteiger partial charge on any atom is 0.326 e. The monoisotopic (exact) mass is 637 g/mol. The van der Waals surface area contributed by atoms with Gasteiger partial charge in [-0.25, -0.2) is 4.79 Å². The summed E-state index contributed by atoms with van der Waals surface area (Å²) in [5, 5.41) is 26.2. The fraction of sp³-hybridized carbons (Fsp3) is 0.455. The number of likely N-dealkylation sites (tertiary alicyclic amines) is 1. The standard InChI is InChI=1S/C33H43N5O8/c1-20(2)16-23(34)32(44)38-15-9-14-27(38)31(43)36-25(18-22-12-7-4-8-13-22)29(41)35-24(17-21-10-5-3-6-11-21)30(42)37-26(33(45)46)19-28(39)40/h3-8,10-13,20,23-27H,9,14-19,34H2,1-2H3,(H,35,41)(H,36,43)(H,37,42)(H,39,40)(H,45,46)/t23-,24+,25-,26+,27-/m0/s1. The van der Waals surface area contributed by atoms with Gasteiger partial charge in [-0.05, 0) is 36.3 Å². The maximum absolute atomic E-state index is 13.8. The Labute approximate surface area is 267 Å². The van der Waals surface area contributed by atoms with Gasteiger partial charge in [0.05, 0.1) is 12.5 Å². The molecule has 0 aromatic heterocycles. The number of hydrogen-bond acceptors (Lipinski definition) is 7. The Hall–Kier alpha value is -4.78. The van der Waals surface area contributed by atoms with Crippen molar-refractivity contribution in [2.24, 2.45) is 11.7 Å². The third-order valence-electron chi connectivity index (χ3n) is 7.71. The first kappa shape index (κ1) is 35.7. The van der Waals surface area contributed by atoms with E-state index in [9.17, 15) is 33.9 Å². The molecule has 1 aliphatic heterocycles. The first-order valence-corrected chi connectivity index (χ1v) is 15.3. The minimum absolute atomic E-state index is 0.0392. The summed E-state index contributed by atoms with van der Waals surface area (Å²) in [5.41, 5.74) is 7.51. The molecular formula is C33H43N5O8. The van der Waals surface area contributed by atoms with Gasteiger partial charge < -0.3 is 36.8 Å². The topological polar surface area (TPSA) is 208 Å². The highest BCUT2D eigenvalue weighted by atomic mass is 16.4. The highest BCUT2D eigenvalue weighted by molar-refractivity contribution is 5.96. The molecule has 7 N–H and O–H groups in total. The predicted octanol–water partition coefficient (Wildman–Crippen LogP) is 0.850. The van der Waals surface area contributed by atoms with E-state index in [1.165, 1.54) is 4.90 Å². The quantitative estimate of drug-likeness (QED) is 0.154. The van der Waals surface area contributed by atoms with E-state index in [4.69, 9.17) is 10.8 Å². The zero-order valence-electron chi connectivity index (χ0n) is 26.1. The average molecular weight is 638 g/mol. The first-order valence-electron chi connectivity index (χ1n) is 15.3. The second-order valence-electron chi connectivity index (χ2n) is 11.9. The summed E-state index contributed by atoms with van der Waals surface area (Å²) in [6.07, 6.45) is 0.601. The molecule has 46 heavy (non-hydrogen) atoms. The number of nitrogens with one attached hydrogen (secondary N) is 3. The predicted molar refractivity (Wildman–Crippen MR) is 168 cm³/mol. The number of rotatable bonds is 16. The van der Waals surface area contributed by atoms with Crippen LogP contribution in [0.25, 0.3) is 0 Å². The van der Waals surface area contributed by atoms with Crippen molar-refractivity contribution in [1.29, 1.82) is 0 Å². The number of carbonyl (C=O) groups is 6. The highest BCUT2D eigenvalue weighted by Crippen LogP contribution is 2.20. The summed E-state index contributed by atoms with van der Waals surface area (Å²) in [4.78, 5) is 78.2. The van der Waals surface area contributed by atoms with Crippen molar-refractivity contribution in [3.05, 3.63) is 71.8 Å². The number of hydrogen-bond donors (Lipinski definition) is 6. The SMILES string of the molecule is CC(C)C[C@H](N)C(=O)N1CCC[C@H]1C(=O)N[C@@H](Cc1ccccc1)C(=O)N[C@H](Cc1ccccc1)C(=O)N[C@H](CC(=O)O)C(=O)O. The molecule has 4 amide bonds. The van der Waals surface area contributed by atoms with E-state index in [2.05, 4.69) is 16.0 Å². The minimum atomic E-state index is -1.73. The normalized spacial score (nSPS) is 17.0. The lowest BCUT2D eigenvalue weighted by atomic mass is 10.0. The molecule has 1 heterocycles. The summed E-state index contributed by atoms with van der Waals surface area (Å²) in [6.45, 7) is 4.26. The molecule has 2 aromatic carbocycles. The van der Waals surface area contributed by atoms with Gasteiger partial charge in [0.1, 0.15) is 24.2 Å². The van der Waals surface area contributed by atoms with E-state index in [-0.39, 0.29) is 24.7 Å². The molecule has 248 valence electrons. The fourth-order valence-electron chi connectivity index (χ4n) is 5.43. The third kappa shape index (κ3) is 10.7. The number of amides is 4. The number of aliphatic carboxylic acids is 2. The second kappa shape index (κ2) is 17.1. The Bertz CT molecular complexity index is 1370. The van der Waals surface area contributed by atoms with Crippen molar-refractivity contribution in [2.75, 3.05) is 6.54 Å². The molecule has 0 saturated carbocycles. The Kier molecular flexibility index (Phi) is 13.2. The van der Waals surface area contributed by atoms with Crippen LogP contribution in [0.1, 0.15) is 50.7 Å². The molecule has 0 radical (unpaired) electrons. The van der Waals surface area contributed by atoms with Gasteiger partial charge in [-0.1, -0.05) is 74.5 Å². The van der Waals surface area contributed by atoms with Crippen molar-refractivity contribution in [3.63, 3.8) is 0 Å². The second-order valence-corrected chi connectivity index (χ2v) is 11.9. The van der Waals surface area contributed by atoms with Gasteiger partial charge in [0, 0.05) is 19.4 Å². The molecule has 1 aliphatic rings. The number of carboxylic acids is 2. The van der Waals surface area contributed by atoms with Crippen molar-refractivity contribution >= 4 is 35.6 Å². The van der Waals surface area contributed by atoms with Crippen LogP contribution >= 0.6 is 0 Å². The molecule has 1 saturated heterocycles. The number of carboxylic acid groups (broad SMARTS) is 2. The summed E-state index contributed by atoms with van der Waals surface area (Å²) in [7, 11) is 0. The van der Waals surface area contributed by atoms with Gasteiger partial charge in [-0.2, -0.15) is 0 Å². The molecule has 3 rings (SSSR count). The Morgan fingerprint density at radius 2 is 1.30 bits per heavy atom.